The average Bonchev–Trinajstić information content (AvgIpc) is 3.09. The number of hydrogen-bond acceptors (Lipinski definition) is 6. The Morgan fingerprint density at radius 2 is 1.04 bits per heavy atom. The van der Waals surface area contributed by atoms with E-state index in [9.17, 15) is 24.3 Å². The van der Waals surface area contributed by atoms with Crippen LogP contribution in [0.3, 0.4) is 0 Å². The van der Waals surface area contributed by atoms with Crippen molar-refractivity contribution in [3.63, 3.8) is 0 Å². The molecule has 0 spiro atoms. The van der Waals surface area contributed by atoms with Gasteiger partial charge in [-0.3, -0.25) is 19.2 Å². The van der Waals surface area contributed by atoms with Crippen molar-refractivity contribution in [2.45, 2.75) is 132 Å². The zero-order valence-electron chi connectivity index (χ0n) is 32.8. The summed E-state index contributed by atoms with van der Waals surface area (Å²) in [5, 5.41) is 9.86. The lowest BCUT2D eigenvalue weighted by molar-refractivity contribution is -0.127. The fourth-order valence-electron chi connectivity index (χ4n) is 5.44. The fraction of sp³-hybridized carbons (Fsp3) is 0.478. The normalized spacial score (nSPS) is 11.3. The summed E-state index contributed by atoms with van der Waals surface area (Å²) in [5.41, 5.74) is 3.72. The van der Waals surface area contributed by atoms with Crippen molar-refractivity contribution in [1.82, 2.24) is 0 Å². The van der Waals surface area contributed by atoms with Crippen LogP contribution in [-0.4, -0.2) is 28.2 Å². The van der Waals surface area contributed by atoms with E-state index in [2.05, 4.69) is 6.58 Å². The summed E-state index contributed by atoms with van der Waals surface area (Å²) in [6.07, 6.45) is 11.6. The molecule has 282 valence electrons. The van der Waals surface area contributed by atoms with Gasteiger partial charge in [0.05, 0.1) is 5.56 Å². The Hall–Kier alpha value is -4.32. The van der Waals surface area contributed by atoms with Gasteiger partial charge < -0.3 is 9.84 Å². The second-order valence-electron chi connectivity index (χ2n) is 15.8. The number of unbranched alkanes of at least 4 members (excludes halogenated alkanes) is 6. The molecule has 0 saturated carbocycles. The van der Waals surface area contributed by atoms with E-state index >= 15 is 0 Å². The van der Waals surface area contributed by atoms with E-state index in [0.29, 0.717) is 60.7 Å². The van der Waals surface area contributed by atoms with Crippen LogP contribution in [0.2, 0.25) is 0 Å². The summed E-state index contributed by atoms with van der Waals surface area (Å²) in [6.45, 7) is 17.8. The van der Waals surface area contributed by atoms with Gasteiger partial charge in [-0.05, 0) is 50.3 Å². The molecule has 0 saturated heterocycles. The minimum atomic E-state index is -0.260. The lowest BCUT2D eigenvalue weighted by atomic mass is 9.87. The number of phenols is 1. The molecule has 0 aliphatic heterocycles. The first-order chi connectivity index (χ1) is 24.5. The van der Waals surface area contributed by atoms with Crippen LogP contribution in [0.15, 0.2) is 73.3 Å². The fourth-order valence-corrected chi connectivity index (χ4v) is 5.44. The highest BCUT2D eigenvalue weighted by molar-refractivity contribution is 5.96. The molecule has 52 heavy (non-hydrogen) atoms. The summed E-state index contributed by atoms with van der Waals surface area (Å²) >= 11 is 0. The average molecular weight is 711 g/mol. The number of hydrogen-bond donors (Lipinski definition) is 1. The molecule has 0 heterocycles. The van der Waals surface area contributed by atoms with E-state index in [1.165, 1.54) is 5.56 Å². The van der Waals surface area contributed by atoms with Crippen LogP contribution in [0.5, 0.6) is 11.5 Å². The SMILES string of the molecule is C=Cc1c(O)cccc1OCc1ccc(C(=O)CCCCCCC(=O)C(C)(C)C)cc1.Cc1ccc(C(=O)CCCCCCC(=O)C(C)(C)C)cc1. The van der Waals surface area contributed by atoms with E-state index in [1.807, 2.05) is 97.0 Å². The molecule has 0 aliphatic carbocycles. The van der Waals surface area contributed by atoms with E-state index in [4.69, 9.17) is 4.74 Å². The number of aromatic hydroxyl groups is 1. The monoisotopic (exact) mass is 710 g/mol. The summed E-state index contributed by atoms with van der Waals surface area (Å²) in [4.78, 5) is 48.1. The van der Waals surface area contributed by atoms with Gasteiger partial charge in [-0.25, -0.2) is 0 Å². The Kier molecular flexibility index (Phi) is 18.5. The Balaban J connectivity index is 0.000000389. The maximum atomic E-state index is 12.4. The first-order valence-corrected chi connectivity index (χ1v) is 18.9. The zero-order chi connectivity index (χ0) is 38.7. The maximum absolute atomic E-state index is 12.4. The Bertz CT molecular complexity index is 1580. The van der Waals surface area contributed by atoms with Gasteiger partial charge in [0.25, 0.3) is 0 Å². The molecule has 3 aromatic rings. The van der Waals surface area contributed by atoms with E-state index < -0.39 is 0 Å². The molecule has 0 aromatic heterocycles. The Morgan fingerprint density at radius 3 is 1.46 bits per heavy atom. The molecule has 1 N–H and O–H groups in total. The Morgan fingerprint density at radius 1 is 0.615 bits per heavy atom. The lowest BCUT2D eigenvalue weighted by Gasteiger charge is -2.16. The first-order valence-electron chi connectivity index (χ1n) is 18.9. The minimum absolute atomic E-state index is 0.134. The molecule has 0 bridgehead atoms. The van der Waals surface area contributed by atoms with Gasteiger partial charge in [-0.2, -0.15) is 0 Å². The van der Waals surface area contributed by atoms with Gasteiger partial charge in [0.1, 0.15) is 29.7 Å². The van der Waals surface area contributed by atoms with Gasteiger partial charge >= 0.3 is 0 Å². The maximum Gasteiger partial charge on any atom is 0.162 e. The van der Waals surface area contributed by atoms with E-state index in [-0.39, 0.29) is 28.1 Å². The molecule has 0 aliphatic rings. The van der Waals surface area contributed by atoms with Gasteiger partial charge in [-0.1, -0.05) is 140 Å². The van der Waals surface area contributed by atoms with Crippen molar-refractivity contribution in [1.29, 1.82) is 0 Å². The number of ether oxygens (including phenoxy) is 1. The number of rotatable bonds is 20. The third kappa shape index (κ3) is 16.4. The summed E-state index contributed by atoms with van der Waals surface area (Å²) < 4.78 is 5.80. The van der Waals surface area contributed by atoms with Crippen molar-refractivity contribution in [3.8, 4) is 11.5 Å². The van der Waals surface area contributed by atoms with Crippen LogP contribution in [0.25, 0.3) is 6.08 Å². The van der Waals surface area contributed by atoms with Gasteiger partial charge in [0.15, 0.2) is 11.6 Å². The largest absolute Gasteiger partial charge is 0.507 e. The molecule has 3 aromatic carbocycles. The van der Waals surface area contributed by atoms with Crippen LogP contribution < -0.4 is 4.74 Å². The van der Waals surface area contributed by atoms with E-state index in [0.717, 1.165) is 62.5 Å². The summed E-state index contributed by atoms with van der Waals surface area (Å²) in [7, 11) is 0. The molecule has 0 radical (unpaired) electrons. The number of phenolic OH excluding ortho intramolecular Hbond substituents is 1. The molecule has 0 unspecified atom stereocenters. The predicted octanol–water partition coefficient (Wildman–Crippen LogP) is 11.9. The molecule has 0 amide bonds. The second kappa shape index (κ2) is 21.9. The first kappa shape index (κ1) is 43.8. The van der Waals surface area contributed by atoms with Crippen LogP contribution >= 0.6 is 0 Å². The molecular formula is C46H62O6. The third-order valence-electron chi connectivity index (χ3n) is 9.08. The van der Waals surface area contributed by atoms with Gasteiger partial charge in [0, 0.05) is 47.6 Å². The Labute approximate surface area is 313 Å². The number of carbonyl (C=O) groups is 4. The highest BCUT2D eigenvalue weighted by Gasteiger charge is 2.21. The topological polar surface area (TPSA) is 97.7 Å². The number of benzene rings is 3. The lowest BCUT2D eigenvalue weighted by Crippen LogP contribution is -2.19. The second-order valence-corrected chi connectivity index (χ2v) is 15.8. The number of carbonyl (C=O) groups excluding carboxylic acids is 4. The van der Waals surface area contributed by atoms with Gasteiger partial charge in [0.2, 0.25) is 0 Å². The number of ketones is 4. The van der Waals surface area contributed by atoms with Crippen molar-refractivity contribution in [2.24, 2.45) is 10.8 Å². The number of aryl methyl sites for hydroxylation is 1. The zero-order valence-corrected chi connectivity index (χ0v) is 32.8. The van der Waals surface area contributed by atoms with E-state index in [1.54, 1.807) is 24.3 Å². The summed E-state index contributed by atoms with van der Waals surface area (Å²) in [6, 6.07) is 20.3. The van der Waals surface area contributed by atoms with Crippen molar-refractivity contribution < 1.29 is 29.0 Å². The third-order valence-corrected chi connectivity index (χ3v) is 9.08. The number of Topliss-reactive ketones (excluding diaryl/α,β-unsaturated/α-hetero) is 4. The predicted molar refractivity (Wildman–Crippen MR) is 213 cm³/mol. The highest BCUT2D eigenvalue weighted by Crippen LogP contribution is 2.29. The highest BCUT2D eigenvalue weighted by atomic mass is 16.5. The van der Waals surface area contributed by atoms with Crippen molar-refractivity contribution in [2.75, 3.05) is 0 Å². The standard InChI is InChI=1S/C27H34O4.C19H28O2/c1-5-22-24(29)12-10-13-25(22)31-19-20-15-17-21(18-16-20)23(28)11-8-6-7-9-14-26(30)27(2,3)4;1-15-11-13-16(14-12-15)17(20)9-7-5-6-8-10-18(21)19(2,3)4/h5,10,12-13,15-18,29H,1,6-9,11,14,19H2,2-4H3;11-14H,5-10H2,1-4H3. The van der Waals surface area contributed by atoms with Crippen molar-refractivity contribution in [3.05, 3.63) is 101 Å². The van der Waals surface area contributed by atoms with Crippen LogP contribution in [0, 0.1) is 17.8 Å². The smallest absolute Gasteiger partial charge is 0.162 e. The molecular weight excluding hydrogens is 649 g/mol. The summed E-state index contributed by atoms with van der Waals surface area (Å²) in [5.74, 6) is 1.70. The van der Waals surface area contributed by atoms with Crippen LogP contribution in [-0.2, 0) is 16.2 Å². The minimum Gasteiger partial charge on any atom is -0.507 e. The molecule has 3 rings (SSSR count). The van der Waals surface area contributed by atoms with Gasteiger partial charge in [-0.15, -0.1) is 0 Å². The van der Waals surface area contributed by atoms with Crippen molar-refractivity contribution >= 4 is 29.2 Å². The molecule has 6 heteroatoms. The molecule has 6 nitrogen and oxygen atoms in total. The molecule has 0 atom stereocenters. The van der Waals surface area contributed by atoms with Crippen LogP contribution in [0.1, 0.15) is 156 Å². The molecule has 0 fully saturated rings. The quantitative estimate of drug-likeness (QED) is 0.0926. The van der Waals surface area contributed by atoms with Crippen LogP contribution in [0.4, 0.5) is 0 Å².